The summed E-state index contributed by atoms with van der Waals surface area (Å²) in [5, 5.41) is 0. The van der Waals surface area contributed by atoms with Gasteiger partial charge < -0.3 is 19.6 Å². The molecule has 0 amide bonds. The average molecular weight is 1340 g/mol. The Hall–Kier alpha value is -10.2. The van der Waals surface area contributed by atoms with Crippen LogP contribution >= 0.6 is 0 Å². The lowest BCUT2D eigenvalue weighted by Crippen LogP contribution is -2.16. The molecule has 12 aromatic rings. The van der Waals surface area contributed by atoms with E-state index < -0.39 is 0 Å². The topological polar surface area (TPSA) is 13.0 Å². The highest BCUT2D eigenvalue weighted by Crippen LogP contribution is 2.48. The van der Waals surface area contributed by atoms with Crippen LogP contribution in [0.2, 0.25) is 0 Å². The molecule has 0 saturated carbocycles. The fourth-order valence-corrected chi connectivity index (χ4v) is 14.8. The first-order chi connectivity index (χ1) is 48.2. The molecule has 0 saturated heterocycles. The molecule has 0 spiro atoms. The van der Waals surface area contributed by atoms with Crippen LogP contribution in [0.1, 0.15) is 161 Å². The van der Waals surface area contributed by atoms with Gasteiger partial charge in [-0.15, -0.1) is 0 Å². The maximum atomic E-state index is 2.45. The number of hydrogen-bond donors (Lipinski definition) is 0. The van der Waals surface area contributed by atoms with E-state index in [4.69, 9.17) is 0 Å². The smallest absolute Gasteiger partial charge is 0.0520 e. The van der Waals surface area contributed by atoms with E-state index in [1.54, 1.807) is 0 Å². The minimum atomic E-state index is 0.00926. The van der Waals surface area contributed by atoms with Crippen molar-refractivity contribution < 1.29 is 0 Å². The van der Waals surface area contributed by atoms with Crippen LogP contribution in [0.5, 0.6) is 0 Å². The molecule has 0 N–H and O–H groups in total. The van der Waals surface area contributed by atoms with Gasteiger partial charge in [0.2, 0.25) is 0 Å². The third-order valence-corrected chi connectivity index (χ3v) is 20.7. The van der Waals surface area contributed by atoms with E-state index in [-0.39, 0.29) is 21.7 Å². The van der Waals surface area contributed by atoms with Crippen molar-refractivity contribution in [3.63, 3.8) is 0 Å². The van der Waals surface area contributed by atoms with Crippen LogP contribution in [-0.2, 0) is 21.7 Å². The number of nitrogens with zero attached hydrogens (tertiary/aromatic N) is 4. The summed E-state index contributed by atoms with van der Waals surface area (Å²) in [6.45, 7) is 50.0. The molecule has 0 unspecified atom stereocenters. The zero-order valence-electron chi connectivity index (χ0n) is 64.9. The Morgan fingerprint density at radius 2 is 0.284 bits per heavy atom. The third-order valence-electron chi connectivity index (χ3n) is 20.7. The predicted octanol–water partition coefficient (Wildman–Crippen LogP) is 28.8. The highest BCUT2D eigenvalue weighted by molar-refractivity contribution is 5.88. The van der Waals surface area contributed by atoms with Crippen molar-refractivity contribution in [3.8, 4) is 33.4 Å². The van der Waals surface area contributed by atoms with Gasteiger partial charge in [-0.25, -0.2) is 0 Å². The van der Waals surface area contributed by atoms with Crippen molar-refractivity contribution >= 4 is 68.2 Å². The lowest BCUT2D eigenvalue weighted by molar-refractivity contribution is 0.589. The van der Waals surface area contributed by atoms with Crippen molar-refractivity contribution in [2.75, 3.05) is 19.6 Å². The van der Waals surface area contributed by atoms with Gasteiger partial charge in [0, 0.05) is 45.5 Å². The molecule has 102 heavy (non-hydrogen) atoms. The Bertz CT molecular complexity index is 4570. The van der Waals surface area contributed by atoms with Crippen molar-refractivity contribution in [3.05, 3.63) is 321 Å². The van der Waals surface area contributed by atoms with Gasteiger partial charge in [-0.05, 0) is 288 Å². The molecule has 4 nitrogen and oxygen atoms in total. The second kappa shape index (κ2) is 28.0. The van der Waals surface area contributed by atoms with Gasteiger partial charge in [0.05, 0.1) is 22.7 Å². The van der Waals surface area contributed by atoms with Crippen molar-refractivity contribution in [2.24, 2.45) is 0 Å². The van der Waals surface area contributed by atoms with E-state index in [2.05, 4.69) is 415 Å². The number of anilines is 12. The predicted molar refractivity (Wildman–Crippen MR) is 444 cm³/mol. The number of rotatable bonds is 15. The quantitative estimate of drug-likeness (QED) is 0.101. The van der Waals surface area contributed by atoms with Crippen LogP contribution in [-0.4, -0.2) is 0 Å². The highest BCUT2D eigenvalue weighted by Gasteiger charge is 2.28. The van der Waals surface area contributed by atoms with Crippen LogP contribution in [0.4, 0.5) is 68.2 Å². The van der Waals surface area contributed by atoms with E-state index >= 15 is 0 Å². The van der Waals surface area contributed by atoms with Gasteiger partial charge in [-0.3, -0.25) is 0 Å². The molecule has 0 bridgehead atoms. The van der Waals surface area contributed by atoms with E-state index in [9.17, 15) is 0 Å². The van der Waals surface area contributed by atoms with E-state index in [1.165, 1.54) is 123 Å². The van der Waals surface area contributed by atoms with E-state index in [1.807, 2.05) is 0 Å². The van der Waals surface area contributed by atoms with Gasteiger partial charge in [0.1, 0.15) is 0 Å². The molecular formula is C98H106N4. The minimum Gasteiger partial charge on any atom is -0.310 e. The van der Waals surface area contributed by atoms with Gasteiger partial charge >= 0.3 is 0 Å². The summed E-state index contributed by atoms with van der Waals surface area (Å²) in [6, 6.07) is 91.7. The molecule has 0 aromatic heterocycles. The SMILES string of the molecule is Cc1ccc(N(c2ccc(-c3ccc(N(c4ccc(-c5ccc(N(c6ccc(-c7ccc(N(c8ccc(C)cc8)c8c(C)cc(C(C)(C)C)cc8C)cc7)cc6)c6c(C)cc(C(C)(C)C)cc6C)cc5)cc4)c4c(C)cc(C(C)(C)C)cc4C)cc3)cc2)c2c(C)cc(C(C)(C)C)cc2C)cc1. The highest BCUT2D eigenvalue weighted by atomic mass is 15.2. The van der Waals surface area contributed by atoms with Gasteiger partial charge in [-0.1, -0.05) is 240 Å². The summed E-state index contributed by atoms with van der Waals surface area (Å²) in [4.78, 5) is 9.76. The molecule has 12 aromatic carbocycles. The Labute approximate surface area is 612 Å². The molecule has 518 valence electrons. The number of aryl methyl sites for hydroxylation is 10. The minimum absolute atomic E-state index is 0.00926. The molecule has 0 aliphatic rings. The zero-order valence-corrected chi connectivity index (χ0v) is 64.9. The summed E-state index contributed by atoms with van der Waals surface area (Å²) in [5.74, 6) is 0. The number of benzene rings is 12. The molecule has 4 heteroatoms. The number of hydrogen-bond acceptors (Lipinski definition) is 4. The van der Waals surface area contributed by atoms with Crippen LogP contribution in [0.15, 0.2) is 243 Å². The largest absolute Gasteiger partial charge is 0.310 e. The fourth-order valence-electron chi connectivity index (χ4n) is 14.8. The summed E-state index contributed by atoms with van der Waals surface area (Å²) < 4.78 is 0. The Balaban J connectivity index is 0.853. The zero-order chi connectivity index (χ0) is 73.1. The summed E-state index contributed by atoms with van der Waals surface area (Å²) >= 11 is 0. The lowest BCUT2D eigenvalue weighted by atomic mass is 9.84. The lowest BCUT2D eigenvalue weighted by Gasteiger charge is -2.31. The summed E-state index contributed by atoms with van der Waals surface area (Å²) in [7, 11) is 0. The van der Waals surface area contributed by atoms with Crippen LogP contribution in [0, 0.1) is 69.2 Å². The van der Waals surface area contributed by atoms with Crippen molar-refractivity contribution in [1.82, 2.24) is 0 Å². The van der Waals surface area contributed by atoms with Crippen molar-refractivity contribution in [1.29, 1.82) is 0 Å². The normalized spacial score (nSPS) is 12.0. The van der Waals surface area contributed by atoms with Gasteiger partial charge in [0.25, 0.3) is 0 Å². The molecule has 0 aliphatic carbocycles. The second-order valence-electron chi connectivity index (χ2n) is 33.1. The van der Waals surface area contributed by atoms with E-state index in [0.717, 1.165) is 56.6 Å². The molecule has 0 fully saturated rings. The van der Waals surface area contributed by atoms with Crippen LogP contribution < -0.4 is 19.6 Å². The third kappa shape index (κ3) is 14.9. The Morgan fingerprint density at radius 1 is 0.167 bits per heavy atom. The summed E-state index contributed by atoms with van der Waals surface area (Å²) in [6.07, 6.45) is 0. The van der Waals surface area contributed by atoms with E-state index in [0.29, 0.717) is 0 Å². The first kappa shape index (κ1) is 71.7. The van der Waals surface area contributed by atoms with Gasteiger partial charge in [-0.2, -0.15) is 0 Å². The second-order valence-corrected chi connectivity index (χ2v) is 33.1. The van der Waals surface area contributed by atoms with Crippen molar-refractivity contribution in [2.45, 2.75) is 174 Å². The molecule has 0 aliphatic heterocycles. The average Bonchev–Trinajstić information content (AvgIpc) is 0.787. The van der Waals surface area contributed by atoms with Crippen LogP contribution in [0.3, 0.4) is 0 Å². The Morgan fingerprint density at radius 3 is 0.402 bits per heavy atom. The fraction of sp³-hybridized carbons (Fsp3) is 0.265. The summed E-state index contributed by atoms with van der Waals surface area (Å²) in [5.41, 5.74) is 38.8. The molecule has 0 atom stereocenters. The molecular weight excluding hydrogens is 1230 g/mol. The maximum Gasteiger partial charge on any atom is 0.0520 e. The van der Waals surface area contributed by atoms with Crippen LogP contribution in [0.25, 0.3) is 33.4 Å². The first-order valence-electron chi connectivity index (χ1n) is 36.6. The monoisotopic (exact) mass is 1340 g/mol. The maximum absolute atomic E-state index is 2.45. The first-order valence-corrected chi connectivity index (χ1v) is 36.6. The molecule has 12 rings (SSSR count). The Kier molecular flexibility index (Phi) is 19.7. The molecule has 0 radical (unpaired) electrons. The van der Waals surface area contributed by atoms with Gasteiger partial charge in [0.15, 0.2) is 0 Å². The molecule has 0 heterocycles. The standard InChI is InChI=1S/C98H106N4/c1-63-23-39-83(40-24-63)99(91-65(3)55-79(56-66(91)4)95(11,12)13)85-43-27-73(28-44-85)75-31-47-87(48-32-75)101(93-69(7)59-81(60-70(93)8)97(17,18)19)89-51-35-77(36-52-89)78-37-53-90(54-38-78)102(94-71(9)61-82(62-72(94)10)98(20,21)22)88-49-33-76(34-50-88)74-29-45-86(46-30-74)100(84-41-25-64(2)26-42-84)92-67(5)57-80(58-68(92)6)96(14,15)16/h23-62H,1-22H3.